The highest BCUT2D eigenvalue weighted by atomic mass is 35.7. The molecule has 8 heteroatoms. The number of hydrogen-bond donors (Lipinski definition) is 2. The Hall–Kier alpha value is -1.86. The molecule has 0 radical (unpaired) electrons. The van der Waals surface area contributed by atoms with Crippen LogP contribution in [0, 0.1) is 0 Å². The molecule has 0 fully saturated rings. The van der Waals surface area contributed by atoms with Crippen LogP contribution >= 0.6 is 10.7 Å². The Morgan fingerprint density at radius 2 is 2.00 bits per heavy atom. The van der Waals surface area contributed by atoms with Crippen LogP contribution in [0.25, 0.3) is 10.9 Å². The zero-order valence-electron chi connectivity index (χ0n) is 8.68. The second kappa shape index (κ2) is 4.11. The Kier molecular flexibility index (Phi) is 2.88. The molecule has 0 aliphatic rings. The summed E-state index contributed by atoms with van der Waals surface area (Å²) in [6, 6.07) is 3.61. The molecule has 0 amide bonds. The van der Waals surface area contributed by atoms with Gasteiger partial charge in [-0.15, -0.1) is 0 Å². The topological polar surface area (TPSA) is 104 Å². The summed E-state index contributed by atoms with van der Waals surface area (Å²) in [5.74, 6) is -1.39. The van der Waals surface area contributed by atoms with E-state index < -0.39 is 26.0 Å². The summed E-state index contributed by atoms with van der Waals surface area (Å²) >= 11 is 0. The molecule has 2 N–H and O–H groups in total. The lowest BCUT2D eigenvalue weighted by molar-refractivity contribution is 0.0695. The van der Waals surface area contributed by atoms with E-state index in [-0.39, 0.29) is 10.3 Å². The molecular weight excluding hydrogens is 282 g/mol. The molecule has 0 aliphatic carbocycles. The zero-order chi connectivity index (χ0) is 13.5. The van der Waals surface area contributed by atoms with Crippen molar-refractivity contribution >= 4 is 36.6 Å². The molecule has 0 spiro atoms. The van der Waals surface area contributed by atoms with E-state index in [1.165, 1.54) is 12.1 Å². The van der Waals surface area contributed by atoms with Gasteiger partial charge < -0.3 is 10.1 Å². The quantitative estimate of drug-likeness (QED) is 0.806. The smallest absolute Gasteiger partial charge is 0.341 e. The van der Waals surface area contributed by atoms with Gasteiger partial charge >= 0.3 is 5.97 Å². The first kappa shape index (κ1) is 12.6. The normalized spacial score (nSPS) is 11.6. The minimum Gasteiger partial charge on any atom is -0.477 e. The van der Waals surface area contributed by atoms with Gasteiger partial charge in [0.05, 0.1) is 4.90 Å². The Morgan fingerprint density at radius 3 is 2.56 bits per heavy atom. The second-order valence-electron chi connectivity index (χ2n) is 3.48. The summed E-state index contributed by atoms with van der Waals surface area (Å²) in [6.07, 6.45) is 1.06. The van der Waals surface area contributed by atoms with Crippen LogP contribution in [-0.4, -0.2) is 24.5 Å². The van der Waals surface area contributed by atoms with Crippen LogP contribution < -0.4 is 5.43 Å². The fraction of sp³-hybridized carbons (Fsp3) is 0. The van der Waals surface area contributed by atoms with Gasteiger partial charge in [0.2, 0.25) is 5.43 Å². The molecule has 94 valence electrons. The van der Waals surface area contributed by atoms with Gasteiger partial charge in [-0.1, -0.05) is 0 Å². The highest BCUT2D eigenvalue weighted by Crippen LogP contribution is 2.18. The van der Waals surface area contributed by atoms with Crippen LogP contribution in [0.1, 0.15) is 10.4 Å². The van der Waals surface area contributed by atoms with Crippen LogP contribution in [0.2, 0.25) is 0 Å². The van der Waals surface area contributed by atoms with Gasteiger partial charge in [0.1, 0.15) is 5.56 Å². The number of nitrogens with one attached hydrogen (secondary N) is 1. The van der Waals surface area contributed by atoms with Crippen molar-refractivity contribution in [3.63, 3.8) is 0 Å². The zero-order valence-corrected chi connectivity index (χ0v) is 10.2. The predicted molar refractivity (Wildman–Crippen MR) is 64.6 cm³/mol. The average Bonchev–Trinajstić information content (AvgIpc) is 2.27. The molecule has 1 aromatic heterocycles. The average molecular weight is 288 g/mol. The van der Waals surface area contributed by atoms with Crippen molar-refractivity contribution in [2.24, 2.45) is 0 Å². The van der Waals surface area contributed by atoms with Crippen molar-refractivity contribution in [1.82, 2.24) is 4.98 Å². The number of rotatable bonds is 2. The molecule has 0 saturated carbocycles. The predicted octanol–water partition coefficient (Wildman–Crippen LogP) is 1.15. The van der Waals surface area contributed by atoms with E-state index in [0.717, 1.165) is 12.3 Å². The van der Waals surface area contributed by atoms with Crippen molar-refractivity contribution < 1.29 is 18.3 Å². The van der Waals surface area contributed by atoms with Gasteiger partial charge in [-0.05, 0) is 18.2 Å². The number of halogens is 1. The minimum atomic E-state index is -3.97. The first-order valence-electron chi connectivity index (χ1n) is 4.64. The maximum absolute atomic E-state index is 11.8. The van der Waals surface area contributed by atoms with Crippen LogP contribution in [0.15, 0.2) is 34.1 Å². The number of benzene rings is 1. The summed E-state index contributed by atoms with van der Waals surface area (Å²) in [4.78, 5) is 24.9. The van der Waals surface area contributed by atoms with Crippen LogP contribution in [0.4, 0.5) is 0 Å². The van der Waals surface area contributed by atoms with Crippen molar-refractivity contribution in [3.8, 4) is 0 Å². The minimum absolute atomic E-state index is 0.0448. The number of pyridine rings is 1. The highest BCUT2D eigenvalue weighted by molar-refractivity contribution is 8.13. The highest BCUT2D eigenvalue weighted by Gasteiger charge is 2.15. The summed E-state index contributed by atoms with van der Waals surface area (Å²) in [6.45, 7) is 0. The number of fused-ring (bicyclic) bond motifs is 1. The molecule has 2 rings (SSSR count). The standard InChI is InChI=1S/C10H6ClNO5S/c11-18(16,17)5-1-2-8-6(3-5)9(13)7(4-12-8)10(14)15/h1-4H,(H,12,13)(H,14,15). The SMILES string of the molecule is O=C(O)c1c[nH]c2ccc(S(=O)(=O)Cl)cc2c1=O. The third-order valence-electron chi connectivity index (χ3n) is 2.36. The fourth-order valence-electron chi connectivity index (χ4n) is 1.51. The molecule has 0 unspecified atom stereocenters. The van der Waals surface area contributed by atoms with E-state index in [0.29, 0.717) is 5.52 Å². The number of carbonyl (C=O) groups is 1. The van der Waals surface area contributed by atoms with E-state index in [2.05, 4.69) is 4.98 Å². The van der Waals surface area contributed by atoms with E-state index in [9.17, 15) is 18.0 Å². The molecule has 0 bridgehead atoms. The van der Waals surface area contributed by atoms with Gasteiger partial charge in [-0.2, -0.15) is 0 Å². The number of aromatic nitrogens is 1. The van der Waals surface area contributed by atoms with E-state index in [1.807, 2.05) is 0 Å². The number of carboxylic acids is 1. The third-order valence-corrected chi connectivity index (χ3v) is 3.72. The van der Waals surface area contributed by atoms with Crippen LogP contribution in [-0.2, 0) is 9.05 Å². The van der Waals surface area contributed by atoms with Crippen molar-refractivity contribution in [3.05, 3.63) is 40.2 Å². The summed E-state index contributed by atoms with van der Waals surface area (Å²) in [5.41, 5.74) is -0.904. The summed E-state index contributed by atoms with van der Waals surface area (Å²) in [7, 11) is 1.19. The molecule has 0 aliphatic heterocycles. The lowest BCUT2D eigenvalue weighted by Crippen LogP contribution is -2.15. The Labute approximate surface area is 105 Å². The van der Waals surface area contributed by atoms with Crippen molar-refractivity contribution in [1.29, 1.82) is 0 Å². The van der Waals surface area contributed by atoms with Gasteiger partial charge in [0.15, 0.2) is 0 Å². The number of aromatic carboxylic acids is 1. The van der Waals surface area contributed by atoms with Crippen molar-refractivity contribution in [2.45, 2.75) is 4.90 Å². The Balaban J connectivity index is 2.87. The summed E-state index contributed by atoms with van der Waals surface area (Å²) in [5, 5.41) is 8.75. The Bertz CT molecular complexity index is 809. The van der Waals surface area contributed by atoms with E-state index in [1.54, 1.807) is 0 Å². The maximum atomic E-state index is 11.8. The molecule has 1 heterocycles. The fourth-order valence-corrected chi connectivity index (χ4v) is 2.29. The van der Waals surface area contributed by atoms with Gasteiger partial charge in [-0.25, -0.2) is 13.2 Å². The lowest BCUT2D eigenvalue weighted by atomic mass is 10.1. The van der Waals surface area contributed by atoms with Gasteiger partial charge in [0, 0.05) is 27.8 Å². The van der Waals surface area contributed by atoms with Gasteiger partial charge in [-0.3, -0.25) is 4.79 Å². The molecular formula is C10H6ClNO5S. The van der Waals surface area contributed by atoms with Crippen LogP contribution in [0.3, 0.4) is 0 Å². The largest absolute Gasteiger partial charge is 0.477 e. The van der Waals surface area contributed by atoms with Crippen molar-refractivity contribution in [2.75, 3.05) is 0 Å². The maximum Gasteiger partial charge on any atom is 0.341 e. The van der Waals surface area contributed by atoms with E-state index >= 15 is 0 Å². The molecule has 0 saturated heterocycles. The van der Waals surface area contributed by atoms with Crippen LogP contribution in [0.5, 0.6) is 0 Å². The number of aromatic amines is 1. The number of carboxylic acid groups (broad SMARTS) is 1. The number of H-pyrrole nitrogens is 1. The molecule has 6 nitrogen and oxygen atoms in total. The Morgan fingerprint density at radius 1 is 1.33 bits per heavy atom. The summed E-state index contributed by atoms with van der Waals surface area (Å²) < 4.78 is 22.3. The molecule has 1 aromatic carbocycles. The lowest BCUT2D eigenvalue weighted by Gasteiger charge is -2.01. The van der Waals surface area contributed by atoms with Gasteiger partial charge in [0.25, 0.3) is 9.05 Å². The monoisotopic (exact) mass is 287 g/mol. The molecule has 0 atom stereocenters. The first-order chi connectivity index (χ1) is 8.30. The second-order valence-corrected chi connectivity index (χ2v) is 6.05. The molecule has 18 heavy (non-hydrogen) atoms. The molecule has 2 aromatic rings. The first-order valence-corrected chi connectivity index (χ1v) is 6.95. The van der Waals surface area contributed by atoms with E-state index in [4.69, 9.17) is 15.8 Å². The number of hydrogen-bond acceptors (Lipinski definition) is 4. The third kappa shape index (κ3) is 2.09.